The first kappa shape index (κ1) is 37.3. The third kappa shape index (κ3) is 5.12. The van der Waals surface area contributed by atoms with Gasteiger partial charge in [0, 0.05) is 62.9 Å². The van der Waals surface area contributed by atoms with Gasteiger partial charge in [0.2, 0.25) is 0 Å². The van der Waals surface area contributed by atoms with Crippen LogP contribution in [-0.2, 0) is 5.41 Å². The van der Waals surface area contributed by atoms with Crippen molar-refractivity contribution in [2.75, 3.05) is 4.90 Å². The predicted octanol–water partition coefficient (Wildman–Crippen LogP) is 17.8. The topological polar surface area (TPSA) is 8.17 Å². The van der Waals surface area contributed by atoms with E-state index in [0.29, 0.717) is 0 Å². The van der Waals surface area contributed by atoms with E-state index >= 15 is 0 Å². The first-order valence-corrected chi connectivity index (χ1v) is 24.6. The molecule has 13 aromatic rings. The summed E-state index contributed by atoms with van der Waals surface area (Å²) in [6.07, 6.45) is 0. The van der Waals surface area contributed by atoms with Crippen molar-refractivity contribution >= 4 is 104 Å². The van der Waals surface area contributed by atoms with Crippen LogP contribution in [0.1, 0.15) is 22.3 Å². The Balaban J connectivity index is 1.04. The molecule has 0 amide bonds. The highest BCUT2D eigenvalue weighted by Gasteiger charge is 2.48. The summed E-state index contributed by atoms with van der Waals surface area (Å²) in [6.45, 7) is 0. The minimum absolute atomic E-state index is 0.512. The molecule has 1 aliphatic heterocycles. The van der Waals surface area contributed by atoms with Crippen LogP contribution in [0.15, 0.2) is 240 Å². The molecule has 67 heavy (non-hydrogen) atoms. The van der Waals surface area contributed by atoms with Crippen molar-refractivity contribution in [2.45, 2.75) is 15.2 Å². The molecule has 0 atom stereocenters. The zero-order valence-electron chi connectivity index (χ0n) is 36.2. The van der Waals surface area contributed by atoms with Gasteiger partial charge in [0.15, 0.2) is 0 Å². The summed E-state index contributed by atoms with van der Waals surface area (Å²) >= 11 is 3.76. The molecular weight excluding hydrogens is 849 g/mol. The third-order valence-electron chi connectivity index (χ3n) is 14.6. The van der Waals surface area contributed by atoms with Gasteiger partial charge in [-0.3, -0.25) is 0 Å². The Hall–Kier alpha value is -7.89. The molecule has 0 saturated heterocycles. The van der Waals surface area contributed by atoms with Gasteiger partial charge in [-0.15, -0.1) is 11.3 Å². The fourth-order valence-electron chi connectivity index (χ4n) is 11.9. The molecule has 0 unspecified atom stereocenters. The Morgan fingerprint density at radius 2 is 0.970 bits per heavy atom. The van der Waals surface area contributed by atoms with Gasteiger partial charge in [0.1, 0.15) is 0 Å². The lowest BCUT2D eigenvalue weighted by molar-refractivity contribution is 0.707. The van der Waals surface area contributed by atoms with Gasteiger partial charge < -0.3 is 9.47 Å². The minimum Gasteiger partial charge on any atom is -0.310 e. The summed E-state index contributed by atoms with van der Waals surface area (Å²) < 4.78 is 5.06. The quantitative estimate of drug-likeness (QED) is 0.174. The van der Waals surface area contributed by atoms with Crippen LogP contribution in [0.2, 0.25) is 0 Å². The molecule has 0 saturated carbocycles. The number of fused-ring (bicyclic) bond motifs is 15. The smallest absolute Gasteiger partial charge is 0.0735 e. The van der Waals surface area contributed by atoms with E-state index in [9.17, 15) is 0 Å². The first-order valence-electron chi connectivity index (χ1n) is 23.0. The lowest BCUT2D eigenvalue weighted by atomic mass is 9.59. The van der Waals surface area contributed by atoms with Crippen molar-refractivity contribution in [3.63, 3.8) is 0 Å². The van der Waals surface area contributed by atoms with Gasteiger partial charge in [-0.25, -0.2) is 0 Å². The fourth-order valence-corrected chi connectivity index (χ4v) is 14.2. The van der Waals surface area contributed by atoms with Crippen LogP contribution >= 0.6 is 23.1 Å². The molecule has 4 heteroatoms. The van der Waals surface area contributed by atoms with Gasteiger partial charge >= 0.3 is 0 Å². The molecule has 0 fully saturated rings. The molecule has 11 aromatic carbocycles. The number of aromatic nitrogens is 1. The van der Waals surface area contributed by atoms with Crippen molar-refractivity contribution in [3.8, 4) is 16.8 Å². The highest BCUT2D eigenvalue weighted by atomic mass is 32.2. The number of hydrogen-bond acceptors (Lipinski definition) is 3. The maximum atomic E-state index is 2.53. The van der Waals surface area contributed by atoms with E-state index in [1.165, 1.54) is 112 Å². The molecule has 0 N–H and O–H groups in total. The SMILES string of the molecule is c1ccc2c(c1)Sc1ccccc1C21c2ccccc2-c2ccc(N(c3ccc4sc5ccccc5c4c3)c3ccc4c(c3)c3ccccc3n4-c3cccc4ccccc34)c3cccc1c23. The number of rotatable bonds is 4. The van der Waals surface area contributed by atoms with Crippen LogP contribution in [0, 0.1) is 0 Å². The molecule has 15 rings (SSSR count). The Morgan fingerprint density at radius 1 is 0.373 bits per heavy atom. The van der Waals surface area contributed by atoms with Crippen LogP contribution in [0.3, 0.4) is 0 Å². The van der Waals surface area contributed by atoms with Crippen LogP contribution in [0.4, 0.5) is 17.1 Å². The second-order valence-corrected chi connectivity index (χ2v) is 20.1. The number of benzene rings is 11. The van der Waals surface area contributed by atoms with Crippen molar-refractivity contribution in [3.05, 3.63) is 253 Å². The maximum absolute atomic E-state index is 2.53. The number of thiophene rings is 1. The summed E-state index contributed by atoms with van der Waals surface area (Å²) in [5, 5.41) is 10.0. The summed E-state index contributed by atoms with van der Waals surface area (Å²) in [4.78, 5) is 5.15. The van der Waals surface area contributed by atoms with Crippen LogP contribution in [0.5, 0.6) is 0 Å². The second-order valence-electron chi connectivity index (χ2n) is 17.9. The van der Waals surface area contributed by atoms with Crippen molar-refractivity contribution in [1.82, 2.24) is 4.57 Å². The van der Waals surface area contributed by atoms with Gasteiger partial charge in [-0.1, -0.05) is 169 Å². The Labute approximate surface area is 395 Å². The lowest BCUT2D eigenvalue weighted by Crippen LogP contribution is -2.36. The van der Waals surface area contributed by atoms with Gasteiger partial charge in [-0.05, 0) is 117 Å². The Kier molecular flexibility index (Phi) is 7.84. The van der Waals surface area contributed by atoms with Crippen molar-refractivity contribution in [1.29, 1.82) is 0 Å². The number of anilines is 3. The zero-order valence-corrected chi connectivity index (χ0v) is 37.8. The predicted molar refractivity (Wildman–Crippen MR) is 285 cm³/mol. The lowest BCUT2D eigenvalue weighted by Gasteiger charge is -2.46. The molecule has 1 spiro atoms. The number of nitrogens with zero attached hydrogens (tertiary/aromatic N) is 2. The van der Waals surface area contributed by atoms with Gasteiger partial charge in [-0.2, -0.15) is 0 Å². The Morgan fingerprint density at radius 3 is 1.82 bits per heavy atom. The number of para-hydroxylation sites is 1. The fraction of sp³-hybridized carbons (Fsp3) is 0.0159. The van der Waals surface area contributed by atoms with Crippen LogP contribution in [0.25, 0.3) is 80.3 Å². The normalized spacial score (nSPS) is 13.4. The molecule has 2 nitrogen and oxygen atoms in total. The van der Waals surface area contributed by atoms with Crippen molar-refractivity contribution < 1.29 is 0 Å². The summed E-state index contributed by atoms with van der Waals surface area (Å²) in [6, 6.07) is 86.6. The molecule has 0 bridgehead atoms. The van der Waals surface area contributed by atoms with Gasteiger partial charge in [0.05, 0.1) is 27.8 Å². The van der Waals surface area contributed by atoms with E-state index in [1.807, 2.05) is 23.1 Å². The summed E-state index contributed by atoms with van der Waals surface area (Å²) in [7, 11) is 0. The maximum Gasteiger partial charge on any atom is 0.0735 e. The highest BCUT2D eigenvalue weighted by molar-refractivity contribution is 7.99. The monoisotopic (exact) mass is 886 g/mol. The Bertz CT molecular complexity index is 4180. The van der Waals surface area contributed by atoms with Crippen LogP contribution < -0.4 is 4.90 Å². The molecule has 1 aliphatic carbocycles. The molecule has 2 aliphatic rings. The average molecular weight is 887 g/mol. The highest BCUT2D eigenvalue weighted by Crippen LogP contribution is 2.62. The van der Waals surface area contributed by atoms with E-state index < -0.39 is 5.41 Å². The first-order chi connectivity index (χ1) is 33.2. The number of hydrogen-bond donors (Lipinski definition) is 0. The zero-order chi connectivity index (χ0) is 43.8. The van der Waals surface area contributed by atoms with Gasteiger partial charge in [0.25, 0.3) is 0 Å². The summed E-state index contributed by atoms with van der Waals surface area (Å²) in [5.74, 6) is 0. The third-order valence-corrected chi connectivity index (χ3v) is 16.9. The molecule has 0 radical (unpaired) electrons. The van der Waals surface area contributed by atoms with Crippen LogP contribution in [-0.4, -0.2) is 4.57 Å². The average Bonchev–Trinajstić information content (AvgIpc) is 3.93. The van der Waals surface area contributed by atoms with E-state index in [-0.39, 0.29) is 0 Å². The van der Waals surface area contributed by atoms with E-state index in [4.69, 9.17) is 0 Å². The molecule has 2 aromatic heterocycles. The largest absolute Gasteiger partial charge is 0.310 e. The molecular formula is C63H38N2S2. The van der Waals surface area contributed by atoms with E-state index in [0.717, 1.165) is 17.1 Å². The summed E-state index contributed by atoms with van der Waals surface area (Å²) in [5.41, 5.74) is 14.4. The minimum atomic E-state index is -0.512. The molecule has 3 heterocycles. The second kappa shape index (κ2) is 14.1. The molecule has 312 valence electrons. The van der Waals surface area contributed by atoms with E-state index in [1.54, 1.807) is 0 Å². The standard InChI is InChI=1S/C63H38N2S2/c1-2-17-42-39(15-1)16-13-27-54(42)65-55-26-9-4-19-44(55)48-37-40(31-34-57(48)65)64(41-32-36-59-49(38-41)45-20-5-10-28-58(45)66-59)56-35-33-46-43-18-3-6-22-50(43)63(53-25-14-21-47(56)62(46)53)51-23-7-11-29-60(51)67-61-30-12-8-24-52(61)63/h1-38H. The van der Waals surface area contributed by atoms with Crippen molar-refractivity contribution in [2.24, 2.45) is 0 Å². The van der Waals surface area contributed by atoms with E-state index in [2.05, 4.69) is 240 Å².